The molecule has 7 heteroatoms. The number of carbonyl (C=O) groups excluding carboxylic acids is 2. The quantitative estimate of drug-likeness (QED) is 0.852. The highest BCUT2D eigenvalue weighted by molar-refractivity contribution is 5.79. The number of hydrogen-bond acceptors (Lipinski definition) is 3. The number of likely N-dealkylation sites (tertiary alicyclic amines) is 1. The molecule has 0 aromatic heterocycles. The van der Waals surface area contributed by atoms with Crippen LogP contribution in [0.3, 0.4) is 0 Å². The third-order valence-electron chi connectivity index (χ3n) is 5.16. The van der Waals surface area contributed by atoms with E-state index < -0.39 is 11.9 Å². The van der Waals surface area contributed by atoms with Gasteiger partial charge in [0.1, 0.15) is 0 Å². The van der Waals surface area contributed by atoms with Crippen LogP contribution in [-0.4, -0.2) is 59.0 Å². The number of rotatable bonds is 4. The summed E-state index contributed by atoms with van der Waals surface area (Å²) in [6.45, 7) is 2.39. The Morgan fingerprint density at radius 1 is 1.12 bits per heavy atom. The van der Waals surface area contributed by atoms with Gasteiger partial charge >= 0.3 is 12.0 Å². The van der Waals surface area contributed by atoms with Crippen LogP contribution in [0, 0.1) is 5.92 Å². The molecule has 140 valence electrons. The summed E-state index contributed by atoms with van der Waals surface area (Å²) in [6, 6.07) is 7.95. The minimum Gasteiger partial charge on any atom is -0.481 e. The summed E-state index contributed by atoms with van der Waals surface area (Å²) in [7, 11) is 0. The van der Waals surface area contributed by atoms with Gasteiger partial charge in [0.25, 0.3) is 0 Å². The zero-order valence-electron chi connectivity index (χ0n) is 14.8. The maximum atomic E-state index is 12.3. The maximum absolute atomic E-state index is 12.3. The van der Waals surface area contributed by atoms with E-state index >= 15 is 0 Å². The molecular formula is C19H25N3O4. The number of carboxylic acids is 1. The molecule has 1 aromatic carbocycles. The Kier molecular flexibility index (Phi) is 5.75. The standard InChI is InChI=1S/C19H25N3O4/c23-17(21-10-3-6-16(13-21)18(24)25)7-9-20-19(26)22-11-8-14-4-1-2-5-15(14)12-22/h1-2,4-5,16H,3,6-13H2,(H,20,26)(H,24,25). The lowest BCUT2D eigenvalue weighted by Crippen LogP contribution is -2.45. The first-order chi connectivity index (χ1) is 12.5. The molecule has 0 bridgehead atoms. The smallest absolute Gasteiger partial charge is 0.317 e. The first kappa shape index (κ1) is 18.2. The van der Waals surface area contributed by atoms with E-state index in [9.17, 15) is 14.4 Å². The van der Waals surface area contributed by atoms with E-state index in [4.69, 9.17) is 5.11 Å². The van der Waals surface area contributed by atoms with E-state index in [1.54, 1.807) is 9.80 Å². The molecule has 2 aliphatic rings. The van der Waals surface area contributed by atoms with Crippen LogP contribution in [0.15, 0.2) is 24.3 Å². The predicted molar refractivity (Wildman–Crippen MR) is 95.5 cm³/mol. The third kappa shape index (κ3) is 4.33. The highest BCUT2D eigenvalue weighted by atomic mass is 16.4. The molecule has 0 radical (unpaired) electrons. The second kappa shape index (κ2) is 8.21. The Hall–Kier alpha value is -2.57. The number of carboxylic acid groups (broad SMARTS) is 1. The second-order valence-corrected chi connectivity index (χ2v) is 6.94. The van der Waals surface area contributed by atoms with E-state index in [0.717, 1.165) is 12.0 Å². The topological polar surface area (TPSA) is 90.0 Å². The molecule has 1 fully saturated rings. The van der Waals surface area contributed by atoms with Gasteiger partial charge in [-0.25, -0.2) is 4.79 Å². The molecule has 1 aromatic rings. The fourth-order valence-electron chi connectivity index (χ4n) is 3.62. The van der Waals surface area contributed by atoms with Crippen molar-refractivity contribution in [1.29, 1.82) is 0 Å². The Bertz CT molecular complexity index is 691. The van der Waals surface area contributed by atoms with Gasteiger partial charge in [0.2, 0.25) is 5.91 Å². The van der Waals surface area contributed by atoms with Crippen LogP contribution in [-0.2, 0) is 22.6 Å². The van der Waals surface area contributed by atoms with Crippen molar-refractivity contribution in [3.8, 4) is 0 Å². The predicted octanol–water partition coefficient (Wildman–Crippen LogP) is 1.47. The minimum absolute atomic E-state index is 0.0970. The molecule has 2 N–H and O–H groups in total. The largest absolute Gasteiger partial charge is 0.481 e. The summed E-state index contributed by atoms with van der Waals surface area (Å²) < 4.78 is 0. The molecule has 2 heterocycles. The van der Waals surface area contributed by atoms with E-state index in [1.165, 1.54) is 5.56 Å². The molecule has 1 saturated heterocycles. The molecule has 0 aliphatic carbocycles. The van der Waals surface area contributed by atoms with Gasteiger partial charge in [-0.3, -0.25) is 9.59 Å². The van der Waals surface area contributed by atoms with Crippen LogP contribution in [0.4, 0.5) is 4.79 Å². The van der Waals surface area contributed by atoms with Crippen LogP contribution in [0.2, 0.25) is 0 Å². The van der Waals surface area contributed by atoms with Crippen LogP contribution < -0.4 is 5.32 Å². The molecule has 7 nitrogen and oxygen atoms in total. The third-order valence-corrected chi connectivity index (χ3v) is 5.16. The summed E-state index contributed by atoms with van der Waals surface area (Å²) in [5.41, 5.74) is 2.45. The Labute approximate surface area is 153 Å². The number of amides is 3. The Morgan fingerprint density at radius 2 is 1.88 bits per heavy atom. The molecular weight excluding hydrogens is 334 g/mol. The molecule has 26 heavy (non-hydrogen) atoms. The van der Waals surface area contributed by atoms with Crippen molar-refractivity contribution in [2.24, 2.45) is 5.92 Å². The summed E-state index contributed by atoms with van der Waals surface area (Å²) in [5, 5.41) is 11.9. The summed E-state index contributed by atoms with van der Waals surface area (Å²) in [5.74, 6) is -1.42. The van der Waals surface area contributed by atoms with Crippen molar-refractivity contribution in [1.82, 2.24) is 15.1 Å². The van der Waals surface area contributed by atoms with Gasteiger partial charge < -0.3 is 20.2 Å². The second-order valence-electron chi connectivity index (χ2n) is 6.94. The highest BCUT2D eigenvalue weighted by Crippen LogP contribution is 2.19. The molecule has 1 unspecified atom stereocenters. The lowest BCUT2D eigenvalue weighted by atomic mass is 9.98. The van der Waals surface area contributed by atoms with Crippen molar-refractivity contribution in [3.05, 3.63) is 35.4 Å². The van der Waals surface area contributed by atoms with Crippen molar-refractivity contribution in [2.75, 3.05) is 26.2 Å². The number of piperidine rings is 1. The average Bonchev–Trinajstić information content (AvgIpc) is 2.67. The van der Waals surface area contributed by atoms with Gasteiger partial charge in [-0.05, 0) is 30.4 Å². The fraction of sp³-hybridized carbons (Fsp3) is 0.526. The molecule has 3 amide bonds. The number of carbonyl (C=O) groups is 3. The normalized spacial score (nSPS) is 19.6. The Morgan fingerprint density at radius 3 is 2.65 bits per heavy atom. The number of urea groups is 1. The molecule has 0 spiro atoms. The molecule has 0 saturated carbocycles. The fourth-order valence-corrected chi connectivity index (χ4v) is 3.62. The zero-order valence-corrected chi connectivity index (χ0v) is 14.8. The van der Waals surface area contributed by atoms with Gasteiger partial charge in [-0.15, -0.1) is 0 Å². The van der Waals surface area contributed by atoms with E-state index in [1.807, 2.05) is 18.2 Å². The number of fused-ring (bicyclic) bond motifs is 1. The summed E-state index contributed by atoms with van der Waals surface area (Å²) in [6.07, 6.45) is 2.37. The summed E-state index contributed by atoms with van der Waals surface area (Å²) >= 11 is 0. The number of benzene rings is 1. The highest BCUT2D eigenvalue weighted by Gasteiger charge is 2.28. The molecule has 2 aliphatic heterocycles. The zero-order chi connectivity index (χ0) is 18.5. The van der Waals surface area contributed by atoms with Crippen molar-refractivity contribution in [2.45, 2.75) is 32.2 Å². The van der Waals surface area contributed by atoms with Gasteiger partial charge in [0, 0.05) is 39.1 Å². The first-order valence-corrected chi connectivity index (χ1v) is 9.14. The molecule has 1 atom stereocenters. The number of hydrogen-bond donors (Lipinski definition) is 2. The van der Waals surface area contributed by atoms with Crippen molar-refractivity contribution >= 4 is 17.9 Å². The van der Waals surface area contributed by atoms with Crippen molar-refractivity contribution < 1.29 is 19.5 Å². The van der Waals surface area contributed by atoms with Gasteiger partial charge in [0.05, 0.1) is 5.92 Å². The van der Waals surface area contributed by atoms with E-state index in [-0.39, 0.29) is 31.4 Å². The van der Waals surface area contributed by atoms with E-state index in [0.29, 0.717) is 32.5 Å². The van der Waals surface area contributed by atoms with Gasteiger partial charge in [-0.2, -0.15) is 0 Å². The van der Waals surface area contributed by atoms with Gasteiger partial charge in [0.15, 0.2) is 0 Å². The van der Waals surface area contributed by atoms with E-state index in [2.05, 4.69) is 11.4 Å². The number of nitrogens with zero attached hydrogens (tertiary/aromatic N) is 2. The monoisotopic (exact) mass is 359 g/mol. The average molecular weight is 359 g/mol. The van der Waals surface area contributed by atoms with Crippen molar-refractivity contribution in [3.63, 3.8) is 0 Å². The minimum atomic E-state index is -0.846. The van der Waals surface area contributed by atoms with Crippen LogP contribution in [0.5, 0.6) is 0 Å². The number of nitrogens with one attached hydrogen (secondary N) is 1. The SMILES string of the molecule is O=C(O)C1CCCN(C(=O)CCNC(=O)N2CCc3ccccc3C2)C1. The van der Waals surface area contributed by atoms with Crippen LogP contribution in [0.25, 0.3) is 0 Å². The maximum Gasteiger partial charge on any atom is 0.317 e. The first-order valence-electron chi connectivity index (χ1n) is 9.14. The van der Waals surface area contributed by atoms with Gasteiger partial charge in [-0.1, -0.05) is 24.3 Å². The summed E-state index contributed by atoms with van der Waals surface area (Å²) in [4.78, 5) is 39.0. The van der Waals surface area contributed by atoms with Crippen LogP contribution >= 0.6 is 0 Å². The number of aliphatic carboxylic acids is 1. The Balaban J connectivity index is 1.42. The van der Waals surface area contributed by atoms with Crippen LogP contribution in [0.1, 0.15) is 30.4 Å². The molecule has 3 rings (SSSR count). The lowest BCUT2D eigenvalue weighted by molar-refractivity contribution is -0.145. The lowest BCUT2D eigenvalue weighted by Gasteiger charge is -2.31.